The summed E-state index contributed by atoms with van der Waals surface area (Å²) in [5, 5.41) is 5.84. The van der Waals surface area contributed by atoms with Crippen LogP contribution in [0.25, 0.3) is 6.08 Å². The van der Waals surface area contributed by atoms with Crippen molar-refractivity contribution < 1.29 is 19.1 Å². The Labute approximate surface area is 168 Å². The van der Waals surface area contributed by atoms with Crippen LogP contribution in [-0.4, -0.2) is 45.2 Å². The van der Waals surface area contributed by atoms with Crippen LogP contribution in [-0.2, 0) is 4.79 Å². The summed E-state index contributed by atoms with van der Waals surface area (Å²) in [6.45, 7) is 0. The zero-order valence-corrected chi connectivity index (χ0v) is 16.8. The maximum Gasteiger partial charge on any atom is 0.321 e. The maximum absolute atomic E-state index is 12.3. The van der Waals surface area contributed by atoms with E-state index in [-0.39, 0.29) is 11.9 Å². The molecule has 0 aliphatic heterocycles. The second-order valence-electron chi connectivity index (χ2n) is 5.93. The van der Waals surface area contributed by atoms with E-state index in [0.29, 0.717) is 33.5 Å². The minimum atomic E-state index is -0.363. The van der Waals surface area contributed by atoms with Gasteiger partial charge in [0, 0.05) is 20.2 Å². The molecule has 0 atom stereocenters. The van der Waals surface area contributed by atoms with Crippen molar-refractivity contribution in [3.05, 3.63) is 53.1 Å². The van der Waals surface area contributed by atoms with Gasteiger partial charge in [-0.2, -0.15) is 0 Å². The second kappa shape index (κ2) is 9.66. The lowest BCUT2D eigenvalue weighted by Gasteiger charge is -2.15. The summed E-state index contributed by atoms with van der Waals surface area (Å²) in [5.74, 6) is 0.528. The lowest BCUT2D eigenvalue weighted by molar-refractivity contribution is -0.111. The summed E-state index contributed by atoms with van der Waals surface area (Å²) in [4.78, 5) is 25.6. The van der Waals surface area contributed by atoms with Crippen LogP contribution in [0.3, 0.4) is 0 Å². The summed E-state index contributed by atoms with van der Waals surface area (Å²) in [5.41, 5.74) is 1.65. The second-order valence-corrected chi connectivity index (χ2v) is 6.34. The van der Waals surface area contributed by atoms with Crippen LogP contribution in [0, 0.1) is 0 Å². The lowest BCUT2D eigenvalue weighted by Crippen LogP contribution is -2.27. The number of rotatable bonds is 6. The van der Waals surface area contributed by atoms with Gasteiger partial charge in [0.15, 0.2) is 11.5 Å². The molecule has 8 heteroatoms. The number of halogens is 1. The average molecular weight is 404 g/mol. The van der Waals surface area contributed by atoms with Crippen molar-refractivity contribution in [1.82, 2.24) is 4.90 Å². The van der Waals surface area contributed by atoms with Crippen LogP contribution in [0.2, 0.25) is 5.02 Å². The molecule has 2 aromatic carbocycles. The van der Waals surface area contributed by atoms with Crippen LogP contribution in [0.5, 0.6) is 11.5 Å². The van der Waals surface area contributed by atoms with E-state index in [9.17, 15) is 9.59 Å². The van der Waals surface area contributed by atoms with Crippen LogP contribution in [0.4, 0.5) is 16.2 Å². The molecule has 0 saturated heterocycles. The van der Waals surface area contributed by atoms with Crippen molar-refractivity contribution in [3.8, 4) is 11.5 Å². The van der Waals surface area contributed by atoms with Crippen molar-refractivity contribution in [2.45, 2.75) is 0 Å². The number of para-hydroxylation sites is 2. The van der Waals surface area contributed by atoms with Gasteiger partial charge in [-0.3, -0.25) is 4.79 Å². The van der Waals surface area contributed by atoms with Gasteiger partial charge in [0.2, 0.25) is 5.91 Å². The monoisotopic (exact) mass is 403 g/mol. The minimum absolute atomic E-state index is 0.294. The van der Waals surface area contributed by atoms with E-state index in [4.69, 9.17) is 21.1 Å². The molecule has 7 nitrogen and oxygen atoms in total. The van der Waals surface area contributed by atoms with Crippen molar-refractivity contribution >= 4 is 41.0 Å². The van der Waals surface area contributed by atoms with E-state index in [1.165, 1.54) is 25.2 Å². The Kier molecular flexibility index (Phi) is 7.28. The topological polar surface area (TPSA) is 79.9 Å². The van der Waals surface area contributed by atoms with Gasteiger partial charge in [0.1, 0.15) is 0 Å². The first kappa shape index (κ1) is 21.1. The Bertz CT molecular complexity index is 897. The Morgan fingerprint density at radius 1 is 1.04 bits per heavy atom. The summed E-state index contributed by atoms with van der Waals surface area (Å²) in [6.07, 6.45) is 2.96. The molecule has 0 bridgehead atoms. The average Bonchev–Trinajstić information content (AvgIpc) is 2.67. The summed E-state index contributed by atoms with van der Waals surface area (Å²) >= 11 is 6.17. The quantitative estimate of drug-likeness (QED) is 0.711. The van der Waals surface area contributed by atoms with Crippen molar-refractivity contribution in [1.29, 1.82) is 0 Å². The molecule has 0 saturated carbocycles. The minimum Gasteiger partial charge on any atom is -0.493 e. The number of ether oxygens (including phenoxy) is 2. The molecule has 148 valence electrons. The Balaban J connectivity index is 2.15. The van der Waals surface area contributed by atoms with E-state index < -0.39 is 0 Å². The number of carbonyl (C=O) groups is 2. The summed E-state index contributed by atoms with van der Waals surface area (Å²) < 4.78 is 10.4. The first-order chi connectivity index (χ1) is 13.3. The standard InChI is InChI=1S/C20H22ClN3O4/c1-24(2)20(26)23-16-8-6-5-7-15(16)22-18(25)10-9-13-11-14(21)19(28-4)17(12-13)27-3/h5-12H,1-4H3,(H,22,25)(H,23,26). The molecule has 2 aromatic rings. The molecule has 0 spiro atoms. The van der Waals surface area contributed by atoms with E-state index in [0.717, 1.165) is 0 Å². The van der Waals surface area contributed by atoms with Gasteiger partial charge >= 0.3 is 6.03 Å². The fourth-order valence-electron chi connectivity index (χ4n) is 2.31. The third-order valence-electron chi connectivity index (χ3n) is 3.72. The normalized spacial score (nSPS) is 10.5. The predicted octanol–water partition coefficient (Wildman–Crippen LogP) is 4.10. The number of nitrogens with one attached hydrogen (secondary N) is 2. The molecule has 0 radical (unpaired) electrons. The first-order valence-electron chi connectivity index (χ1n) is 8.33. The molecule has 28 heavy (non-hydrogen) atoms. The maximum atomic E-state index is 12.3. The third-order valence-corrected chi connectivity index (χ3v) is 4.00. The fraction of sp³-hybridized carbons (Fsp3) is 0.200. The highest BCUT2D eigenvalue weighted by atomic mass is 35.5. The number of urea groups is 1. The van der Waals surface area contributed by atoms with Crippen molar-refractivity contribution in [2.75, 3.05) is 38.9 Å². The predicted molar refractivity (Wildman–Crippen MR) is 111 cm³/mol. The molecule has 0 unspecified atom stereocenters. The Morgan fingerprint density at radius 3 is 2.25 bits per heavy atom. The number of carbonyl (C=O) groups excluding carboxylic acids is 2. The van der Waals surface area contributed by atoms with Crippen LogP contribution in [0.1, 0.15) is 5.56 Å². The summed E-state index contributed by atoms with van der Waals surface area (Å²) in [6, 6.07) is 10.0. The van der Waals surface area contributed by atoms with Crippen LogP contribution in [0.15, 0.2) is 42.5 Å². The molecule has 3 amide bonds. The zero-order valence-electron chi connectivity index (χ0n) is 16.1. The number of hydrogen-bond donors (Lipinski definition) is 2. The largest absolute Gasteiger partial charge is 0.493 e. The third kappa shape index (κ3) is 5.40. The van der Waals surface area contributed by atoms with Gasteiger partial charge in [-0.1, -0.05) is 23.7 Å². The van der Waals surface area contributed by atoms with Gasteiger partial charge in [0.05, 0.1) is 30.6 Å². The highest BCUT2D eigenvalue weighted by Gasteiger charge is 2.11. The van der Waals surface area contributed by atoms with E-state index in [1.807, 2.05) is 0 Å². The van der Waals surface area contributed by atoms with Gasteiger partial charge < -0.3 is 25.0 Å². The molecule has 0 aliphatic carbocycles. The molecule has 0 aromatic heterocycles. The number of methoxy groups -OCH3 is 2. The SMILES string of the molecule is COc1cc(C=CC(=O)Nc2ccccc2NC(=O)N(C)C)cc(Cl)c1OC. The Hall–Kier alpha value is -3.19. The van der Waals surface area contributed by atoms with Crippen LogP contribution < -0.4 is 20.1 Å². The smallest absolute Gasteiger partial charge is 0.321 e. The molecule has 2 N–H and O–H groups in total. The van der Waals surface area contributed by atoms with E-state index in [1.54, 1.807) is 56.6 Å². The summed E-state index contributed by atoms with van der Waals surface area (Å²) in [7, 11) is 6.27. The van der Waals surface area contributed by atoms with Gasteiger partial charge in [-0.25, -0.2) is 4.79 Å². The van der Waals surface area contributed by atoms with Crippen LogP contribution >= 0.6 is 11.6 Å². The number of benzene rings is 2. The number of nitrogens with zero attached hydrogens (tertiary/aromatic N) is 1. The lowest BCUT2D eigenvalue weighted by atomic mass is 10.2. The molecule has 0 heterocycles. The fourth-order valence-corrected chi connectivity index (χ4v) is 2.60. The molecular weight excluding hydrogens is 382 g/mol. The first-order valence-corrected chi connectivity index (χ1v) is 8.71. The highest BCUT2D eigenvalue weighted by Crippen LogP contribution is 2.36. The molecule has 0 fully saturated rings. The zero-order chi connectivity index (χ0) is 20.7. The molecular formula is C20H22ClN3O4. The number of amides is 3. The highest BCUT2D eigenvalue weighted by molar-refractivity contribution is 6.32. The Morgan fingerprint density at radius 2 is 1.68 bits per heavy atom. The van der Waals surface area contributed by atoms with E-state index >= 15 is 0 Å². The number of anilines is 2. The molecule has 0 aliphatic rings. The van der Waals surface area contributed by atoms with Gasteiger partial charge in [-0.05, 0) is 35.9 Å². The number of hydrogen-bond acceptors (Lipinski definition) is 4. The van der Waals surface area contributed by atoms with Crippen molar-refractivity contribution in [2.24, 2.45) is 0 Å². The molecule has 2 rings (SSSR count). The van der Waals surface area contributed by atoms with Gasteiger partial charge in [0.25, 0.3) is 0 Å². The van der Waals surface area contributed by atoms with Gasteiger partial charge in [-0.15, -0.1) is 0 Å². The van der Waals surface area contributed by atoms with E-state index in [2.05, 4.69) is 10.6 Å². The van der Waals surface area contributed by atoms with Crippen molar-refractivity contribution in [3.63, 3.8) is 0 Å².